The largest absolute Gasteiger partial charge is 0.494 e. The standard InChI is InChI=1S/C33H37N5O2S/c1-20-21(2)37(23-13-9-8-10-14-23)22(3)28(20)30-29(26-15-11-12-18-34-26)36-32(41)38(30)24-16-17-25(27(19-24)40-7)35-31(39)33(4,5)6/h8-19,29-30H,1-7H3,(H,35,39)(H,36,41). The summed E-state index contributed by atoms with van der Waals surface area (Å²) in [7, 11) is 1.61. The molecule has 8 heteroatoms. The van der Waals surface area contributed by atoms with E-state index >= 15 is 0 Å². The van der Waals surface area contributed by atoms with Crippen molar-refractivity contribution >= 4 is 34.6 Å². The number of aromatic nitrogens is 2. The summed E-state index contributed by atoms with van der Waals surface area (Å²) in [5, 5.41) is 7.18. The summed E-state index contributed by atoms with van der Waals surface area (Å²) < 4.78 is 8.06. The van der Waals surface area contributed by atoms with Gasteiger partial charge < -0.3 is 24.8 Å². The Labute approximate surface area is 247 Å². The van der Waals surface area contributed by atoms with Crippen LogP contribution in [0.5, 0.6) is 5.75 Å². The van der Waals surface area contributed by atoms with Gasteiger partial charge in [0, 0.05) is 46.0 Å². The van der Waals surface area contributed by atoms with Crippen LogP contribution in [0.2, 0.25) is 0 Å². The smallest absolute Gasteiger partial charge is 0.229 e. The molecule has 3 heterocycles. The summed E-state index contributed by atoms with van der Waals surface area (Å²) in [5.74, 6) is 0.480. The Hall–Kier alpha value is -4.17. The van der Waals surface area contributed by atoms with Crippen LogP contribution in [0.15, 0.2) is 72.9 Å². The van der Waals surface area contributed by atoms with Crippen LogP contribution in [-0.4, -0.2) is 27.7 Å². The van der Waals surface area contributed by atoms with E-state index in [0.29, 0.717) is 16.5 Å². The number of carbonyl (C=O) groups is 1. The molecule has 0 saturated carbocycles. The fourth-order valence-corrected chi connectivity index (χ4v) is 5.92. The number of hydrogen-bond acceptors (Lipinski definition) is 4. The first-order chi connectivity index (χ1) is 19.5. The molecule has 41 heavy (non-hydrogen) atoms. The highest BCUT2D eigenvalue weighted by Gasteiger charge is 2.43. The highest BCUT2D eigenvalue weighted by molar-refractivity contribution is 7.80. The topological polar surface area (TPSA) is 71.4 Å². The number of rotatable bonds is 6. The lowest BCUT2D eigenvalue weighted by molar-refractivity contribution is -0.123. The SMILES string of the molecule is COc1cc(N2C(=S)NC(c3ccccn3)C2c2c(C)c(C)n(-c3ccccc3)c2C)ccc1NC(=O)C(C)(C)C. The van der Waals surface area contributed by atoms with Crippen LogP contribution < -0.4 is 20.3 Å². The Morgan fingerprint density at radius 2 is 1.68 bits per heavy atom. The van der Waals surface area contributed by atoms with Crippen molar-refractivity contribution in [2.24, 2.45) is 5.41 Å². The van der Waals surface area contributed by atoms with Gasteiger partial charge in [-0.3, -0.25) is 9.78 Å². The highest BCUT2D eigenvalue weighted by Crippen LogP contribution is 2.46. The van der Waals surface area contributed by atoms with Gasteiger partial charge in [0.1, 0.15) is 5.75 Å². The summed E-state index contributed by atoms with van der Waals surface area (Å²) in [6, 6.07) is 21.8. The number of benzene rings is 2. The number of para-hydroxylation sites is 1. The number of thiocarbonyl (C=S) groups is 1. The van der Waals surface area contributed by atoms with Gasteiger partial charge in [0.05, 0.1) is 30.6 Å². The van der Waals surface area contributed by atoms with Gasteiger partial charge in [-0.15, -0.1) is 0 Å². The van der Waals surface area contributed by atoms with Crippen LogP contribution in [0.4, 0.5) is 11.4 Å². The van der Waals surface area contributed by atoms with Gasteiger partial charge in [0.2, 0.25) is 5.91 Å². The first-order valence-electron chi connectivity index (χ1n) is 13.8. The van der Waals surface area contributed by atoms with Crippen LogP contribution in [0, 0.1) is 26.2 Å². The third-order valence-corrected chi connectivity index (χ3v) is 8.12. The molecule has 0 aliphatic carbocycles. The Bertz CT molecular complexity index is 1590. The van der Waals surface area contributed by atoms with Crippen molar-refractivity contribution in [1.29, 1.82) is 0 Å². The minimum absolute atomic E-state index is 0.0843. The number of anilines is 2. The molecule has 1 fully saturated rings. The van der Waals surface area contributed by atoms with Crippen molar-refractivity contribution in [1.82, 2.24) is 14.9 Å². The van der Waals surface area contributed by atoms with E-state index in [-0.39, 0.29) is 18.0 Å². The number of nitrogens with one attached hydrogen (secondary N) is 2. The Morgan fingerprint density at radius 1 is 0.976 bits per heavy atom. The second kappa shape index (κ2) is 11.0. The second-order valence-corrected chi connectivity index (χ2v) is 11.9. The normalized spacial score (nSPS) is 17.0. The van der Waals surface area contributed by atoms with E-state index in [1.165, 1.54) is 16.8 Å². The Balaban J connectivity index is 1.66. The van der Waals surface area contributed by atoms with Crippen LogP contribution >= 0.6 is 12.2 Å². The van der Waals surface area contributed by atoms with E-state index in [4.69, 9.17) is 21.9 Å². The molecule has 1 amide bonds. The quantitative estimate of drug-likeness (QED) is 0.245. The third-order valence-electron chi connectivity index (χ3n) is 7.81. The first-order valence-corrected chi connectivity index (χ1v) is 14.2. The lowest BCUT2D eigenvalue weighted by atomic mass is 9.93. The molecule has 0 radical (unpaired) electrons. The number of pyridine rings is 1. The lowest BCUT2D eigenvalue weighted by Gasteiger charge is -2.29. The van der Waals surface area contributed by atoms with E-state index in [2.05, 4.69) is 65.1 Å². The van der Waals surface area contributed by atoms with Crippen molar-refractivity contribution in [3.8, 4) is 11.4 Å². The molecule has 0 spiro atoms. The van der Waals surface area contributed by atoms with E-state index < -0.39 is 5.41 Å². The van der Waals surface area contributed by atoms with Crippen LogP contribution in [0.3, 0.4) is 0 Å². The summed E-state index contributed by atoms with van der Waals surface area (Å²) in [6.45, 7) is 12.2. The maximum Gasteiger partial charge on any atom is 0.229 e. The molecule has 2 aromatic heterocycles. The number of ether oxygens (including phenoxy) is 1. The van der Waals surface area contributed by atoms with Gasteiger partial charge in [-0.05, 0) is 75.0 Å². The molecule has 1 saturated heterocycles. The molecule has 2 aromatic carbocycles. The highest BCUT2D eigenvalue weighted by atomic mass is 32.1. The summed E-state index contributed by atoms with van der Waals surface area (Å²) in [5.41, 5.74) is 7.69. The maximum absolute atomic E-state index is 12.7. The molecular weight excluding hydrogens is 530 g/mol. The maximum atomic E-state index is 12.7. The molecule has 2 N–H and O–H groups in total. The summed E-state index contributed by atoms with van der Waals surface area (Å²) >= 11 is 6.00. The predicted octanol–water partition coefficient (Wildman–Crippen LogP) is 6.97. The molecule has 1 aliphatic rings. The van der Waals surface area contributed by atoms with Crippen LogP contribution in [0.25, 0.3) is 5.69 Å². The van der Waals surface area contributed by atoms with Crippen LogP contribution in [0.1, 0.15) is 61.1 Å². The first kappa shape index (κ1) is 28.4. The van der Waals surface area contributed by atoms with Gasteiger partial charge in [-0.25, -0.2) is 0 Å². The summed E-state index contributed by atoms with van der Waals surface area (Å²) in [4.78, 5) is 19.6. The van der Waals surface area contributed by atoms with E-state index in [9.17, 15) is 4.79 Å². The zero-order chi connectivity index (χ0) is 29.5. The van der Waals surface area contributed by atoms with Crippen molar-refractivity contribution in [3.05, 3.63) is 101 Å². The molecule has 0 bridgehead atoms. The lowest BCUT2D eigenvalue weighted by Crippen LogP contribution is -2.30. The predicted molar refractivity (Wildman–Crippen MR) is 169 cm³/mol. The van der Waals surface area contributed by atoms with Gasteiger partial charge in [0.15, 0.2) is 5.11 Å². The fraction of sp³-hybridized carbons (Fsp3) is 0.303. The average molecular weight is 568 g/mol. The van der Waals surface area contributed by atoms with Crippen molar-refractivity contribution in [2.75, 3.05) is 17.3 Å². The number of hydrogen-bond donors (Lipinski definition) is 2. The molecule has 2 unspecified atom stereocenters. The number of methoxy groups -OCH3 is 1. The van der Waals surface area contributed by atoms with E-state index in [1.807, 2.05) is 69.4 Å². The van der Waals surface area contributed by atoms with E-state index in [1.54, 1.807) is 7.11 Å². The molecule has 7 nitrogen and oxygen atoms in total. The zero-order valence-corrected chi connectivity index (χ0v) is 25.5. The van der Waals surface area contributed by atoms with Crippen molar-refractivity contribution in [2.45, 2.75) is 53.6 Å². The number of nitrogens with zero attached hydrogens (tertiary/aromatic N) is 3. The van der Waals surface area contributed by atoms with Crippen molar-refractivity contribution in [3.63, 3.8) is 0 Å². The number of amides is 1. The average Bonchev–Trinajstić information content (AvgIpc) is 3.40. The van der Waals surface area contributed by atoms with Crippen molar-refractivity contribution < 1.29 is 9.53 Å². The van der Waals surface area contributed by atoms with E-state index in [0.717, 1.165) is 22.8 Å². The molecule has 4 aromatic rings. The minimum Gasteiger partial charge on any atom is -0.494 e. The minimum atomic E-state index is -0.538. The second-order valence-electron chi connectivity index (χ2n) is 11.5. The molecule has 1 aliphatic heterocycles. The Kier molecular flexibility index (Phi) is 7.62. The number of carbonyl (C=O) groups excluding carboxylic acids is 1. The van der Waals surface area contributed by atoms with Gasteiger partial charge in [-0.2, -0.15) is 0 Å². The van der Waals surface area contributed by atoms with Gasteiger partial charge in [-0.1, -0.05) is 45.0 Å². The molecular formula is C33H37N5O2S. The van der Waals surface area contributed by atoms with Crippen LogP contribution in [-0.2, 0) is 4.79 Å². The summed E-state index contributed by atoms with van der Waals surface area (Å²) in [6.07, 6.45) is 1.82. The molecule has 212 valence electrons. The van der Waals surface area contributed by atoms with Gasteiger partial charge >= 0.3 is 0 Å². The zero-order valence-electron chi connectivity index (χ0n) is 24.6. The molecule has 5 rings (SSSR count). The Morgan fingerprint density at radius 3 is 2.32 bits per heavy atom. The third kappa shape index (κ3) is 5.20. The monoisotopic (exact) mass is 567 g/mol. The van der Waals surface area contributed by atoms with Gasteiger partial charge in [0.25, 0.3) is 0 Å². The fourth-order valence-electron chi connectivity index (χ4n) is 5.58. The molecule has 2 atom stereocenters.